The van der Waals surface area contributed by atoms with Crippen molar-refractivity contribution >= 4 is 5.91 Å². The van der Waals surface area contributed by atoms with Crippen LogP contribution in [-0.4, -0.2) is 53.3 Å². The lowest BCUT2D eigenvalue weighted by molar-refractivity contribution is -0.0734. The predicted octanol–water partition coefficient (Wildman–Crippen LogP) is 0.695. The Morgan fingerprint density at radius 1 is 1.56 bits per heavy atom. The quantitative estimate of drug-likeness (QED) is 0.857. The van der Waals surface area contributed by atoms with E-state index in [0.717, 1.165) is 0 Å². The van der Waals surface area contributed by atoms with E-state index in [4.69, 9.17) is 4.74 Å². The summed E-state index contributed by atoms with van der Waals surface area (Å²) in [4.78, 5) is 17.6. The van der Waals surface area contributed by atoms with Gasteiger partial charge in [0.25, 0.3) is 5.91 Å². The molecular weight excluding hydrogens is 232 g/mol. The topological polar surface area (TPSA) is 62.7 Å². The van der Waals surface area contributed by atoms with Crippen LogP contribution < -0.4 is 0 Å². The maximum absolute atomic E-state index is 12.1. The Morgan fingerprint density at radius 3 is 2.89 bits per heavy atom. The molecule has 0 spiro atoms. The highest BCUT2D eigenvalue weighted by Crippen LogP contribution is 2.21. The van der Waals surface area contributed by atoms with Crippen molar-refractivity contribution in [3.8, 4) is 0 Å². The van der Waals surface area contributed by atoms with E-state index in [1.807, 2.05) is 0 Å². The number of hydrogen-bond donors (Lipinski definition) is 1. The van der Waals surface area contributed by atoms with Crippen LogP contribution >= 0.6 is 0 Å². The fourth-order valence-corrected chi connectivity index (χ4v) is 2.13. The third kappa shape index (κ3) is 3.05. The smallest absolute Gasteiger partial charge is 0.255 e. The van der Waals surface area contributed by atoms with E-state index in [0.29, 0.717) is 38.2 Å². The second-order valence-electron chi connectivity index (χ2n) is 4.74. The van der Waals surface area contributed by atoms with Gasteiger partial charge in [-0.25, -0.2) is 0 Å². The first-order chi connectivity index (χ1) is 8.61. The lowest BCUT2D eigenvalue weighted by atomic mass is 9.94. The lowest BCUT2D eigenvalue weighted by Gasteiger charge is -2.35. The van der Waals surface area contributed by atoms with Gasteiger partial charge in [0.05, 0.1) is 11.2 Å². The van der Waals surface area contributed by atoms with Crippen molar-refractivity contribution in [2.45, 2.75) is 18.4 Å². The maximum Gasteiger partial charge on any atom is 0.255 e. The molecule has 18 heavy (non-hydrogen) atoms. The zero-order valence-electron chi connectivity index (χ0n) is 10.5. The summed E-state index contributed by atoms with van der Waals surface area (Å²) >= 11 is 0. The largest absolute Gasteiger partial charge is 0.388 e. The highest BCUT2D eigenvalue weighted by atomic mass is 16.5. The fourth-order valence-electron chi connectivity index (χ4n) is 2.13. The van der Waals surface area contributed by atoms with Gasteiger partial charge in [0, 0.05) is 52.0 Å². The molecule has 5 nitrogen and oxygen atoms in total. The molecule has 1 saturated heterocycles. The molecule has 0 bridgehead atoms. The number of pyridine rings is 1. The summed E-state index contributed by atoms with van der Waals surface area (Å²) in [6.45, 7) is 1.42. The van der Waals surface area contributed by atoms with E-state index < -0.39 is 5.60 Å². The molecule has 1 aliphatic heterocycles. The first-order valence-corrected chi connectivity index (χ1v) is 6.06. The Bertz CT molecular complexity index is 402. The normalized spacial score (nSPS) is 18.3. The lowest BCUT2D eigenvalue weighted by Crippen LogP contribution is -2.47. The van der Waals surface area contributed by atoms with E-state index >= 15 is 0 Å². The molecular formula is C13H18N2O3. The number of carbonyl (C=O) groups excluding carboxylic acids is 1. The number of nitrogens with zero attached hydrogens (tertiary/aromatic N) is 2. The average molecular weight is 250 g/mol. The van der Waals surface area contributed by atoms with Crippen molar-refractivity contribution in [2.75, 3.05) is 26.8 Å². The Hall–Kier alpha value is -1.46. The summed E-state index contributed by atoms with van der Waals surface area (Å²) in [5.41, 5.74) is -0.291. The van der Waals surface area contributed by atoms with Crippen LogP contribution in [0.3, 0.4) is 0 Å². The third-order valence-electron chi connectivity index (χ3n) is 3.21. The molecule has 0 aliphatic carbocycles. The molecule has 1 N–H and O–H groups in total. The van der Waals surface area contributed by atoms with Crippen molar-refractivity contribution in [3.63, 3.8) is 0 Å². The van der Waals surface area contributed by atoms with Crippen molar-refractivity contribution in [1.82, 2.24) is 9.88 Å². The molecule has 1 fully saturated rings. The first kappa shape index (κ1) is 13.0. The van der Waals surface area contributed by atoms with E-state index in [-0.39, 0.29) is 5.91 Å². The molecule has 0 aromatic carbocycles. The van der Waals surface area contributed by atoms with Crippen LogP contribution in [0.5, 0.6) is 0 Å². The Morgan fingerprint density at radius 2 is 2.28 bits per heavy atom. The number of carbonyl (C=O) groups is 1. The molecule has 1 aromatic heterocycles. The summed E-state index contributed by atoms with van der Waals surface area (Å²) in [7, 11) is 1.70. The van der Waals surface area contributed by atoms with E-state index in [1.165, 1.54) is 6.20 Å². The van der Waals surface area contributed by atoms with E-state index in [2.05, 4.69) is 4.98 Å². The van der Waals surface area contributed by atoms with Gasteiger partial charge in [-0.3, -0.25) is 9.78 Å². The number of hydrogen-bond acceptors (Lipinski definition) is 4. The second-order valence-corrected chi connectivity index (χ2v) is 4.74. The summed E-state index contributed by atoms with van der Waals surface area (Å²) < 4.78 is 5.22. The molecule has 0 saturated carbocycles. The Labute approximate surface area is 106 Å². The Balaban J connectivity index is 1.99. The molecule has 1 amide bonds. The van der Waals surface area contributed by atoms with Crippen LogP contribution in [-0.2, 0) is 4.74 Å². The van der Waals surface area contributed by atoms with Gasteiger partial charge in [-0.1, -0.05) is 0 Å². The first-order valence-electron chi connectivity index (χ1n) is 6.06. The fraction of sp³-hybridized carbons (Fsp3) is 0.538. The predicted molar refractivity (Wildman–Crippen MR) is 66.2 cm³/mol. The van der Waals surface area contributed by atoms with Gasteiger partial charge in [0.15, 0.2) is 0 Å². The summed E-state index contributed by atoms with van der Waals surface area (Å²) in [5.74, 6) is -0.122. The maximum atomic E-state index is 12.1. The molecule has 5 heteroatoms. The zero-order chi connectivity index (χ0) is 13.0. The summed E-state index contributed by atoms with van der Waals surface area (Å²) in [6, 6.07) is 3.45. The number of aromatic nitrogens is 1. The van der Waals surface area contributed by atoms with Gasteiger partial charge < -0.3 is 14.7 Å². The van der Waals surface area contributed by atoms with Crippen molar-refractivity contribution in [2.24, 2.45) is 0 Å². The molecule has 2 heterocycles. The second kappa shape index (κ2) is 5.46. The third-order valence-corrected chi connectivity index (χ3v) is 3.21. The molecule has 0 atom stereocenters. The molecule has 2 rings (SSSR count). The molecule has 1 aromatic rings. The van der Waals surface area contributed by atoms with Gasteiger partial charge in [0.2, 0.25) is 0 Å². The van der Waals surface area contributed by atoms with Gasteiger partial charge in [-0.15, -0.1) is 0 Å². The van der Waals surface area contributed by atoms with E-state index in [1.54, 1.807) is 30.3 Å². The SMILES string of the molecule is CN(CC1(O)CCOCC1)C(=O)c1cccnc1. The summed E-state index contributed by atoms with van der Waals surface area (Å²) in [6.07, 6.45) is 4.30. The minimum Gasteiger partial charge on any atom is -0.388 e. The number of aliphatic hydroxyl groups is 1. The minimum absolute atomic E-state index is 0.122. The summed E-state index contributed by atoms with van der Waals surface area (Å²) in [5, 5.41) is 10.3. The van der Waals surface area contributed by atoms with Gasteiger partial charge in [-0.05, 0) is 12.1 Å². The van der Waals surface area contributed by atoms with Crippen LogP contribution in [0.15, 0.2) is 24.5 Å². The van der Waals surface area contributed by atoms with E-state index in [9.17, 15) is 9.90 Å². The van der Waals surface area contributed by atoms with Gasteiger partial charge in [0.1, 0.15) is 0 Å². The molecule has 98 valence electrons. The average Bonchev–Trinajstić information content (AvgIpc) is 2.39. The molecule has 0 radical (unpaired) electrons. The monoisotopic (exact) mass is 250 g/mol. The van der Waals surface area contributed by atoms with Crippen LogP contribution in [0, 0.1) is 0 Å². The van der Waals surface area contributed by atoms with Crippen molar-refractivity contribution in [1.29, 1.82) is 0 Å². The van der Waals surface area contributed by atoms with Crippen molar-refractivity contribution < 1.29 is 14.6 Å². The van der Waals surface area contributed by atoms with Crippen LogP contribution in [0.1, 0.15) is 23.2 Å². The minimum atomic E-state index is -0.829. The highest BCUT2D eigenvalue weighted by Gasteiger charge is 2.32. The number of amides is 1. The highest BCUT2D eigenvalue weighted by molar-refractivity contribution is 5.93. The van der Waals surface area contributed by atoms with Gasteiger partial charge >= 0.3 is 0 Å². The Kier molecular flexibility index (Phi) is 3.93. The van der Waals surface area contributed by atoms with Gasteiger partial charge in [-0.2, -0.15) is 0 Å². The number of rotatable bonds is 3. The molecule has 0 unspecified atom stereocenters. The number of ether oxygens (including phenoxy) is 1. The standard InChI is InChI=1S/C13H18N2O3/c1-15(10-13(17)4-7-18-8-5-13)12(16)11-3-2-6-14-9-11/h2-3,6,9,17H,4-5,7-8,10H2,1H3. The van der Waals surface area contributed by atoms with Crippen LogP contribution in [0.4, 0.5) is 0 Å². The number of likely N-dealkylation sites (N-methyl/N-ethyl adjacent to an activating group) is 1. The van der Waals surface area contributed by atoms with Crippen LogP contribution in [0.2, 0.25) is 0 Å². The van der Waals surface area contributed by atoms with Crippen molar-refractivity contribution in [3.05, 3.63) is 30.1 Å². The molecule has 1 aliphatic rings. The van der Waals surface area contributed by atoms with Crippen LogP contribution in [0.25, 0.3) is 0 Å². The zero-order valence-corrected chi connectivity index (χ0v) is 10.5.